The molecule has 0 radical (unpaired) electrons. The number of rotatable bonds is 6. The van der Waals surface area contributed by atoms with Crippen LogP contribution in [0.25, 0.3) is 0 Å². The van der Waals surface area contributed by atoms with Crippen LogP contribution in [-0.2, 0) is 20.8 Å². The van der Waals surface area contributed by atoms with Gasteiger partial charge in [0.15, 0.2) is 6.17 Å². The van der Waals surface area contributed by atoms with E-state index in [-0.39, 0.29) is 13.2 Å². The van der Waals surface area contributed by atoms with Gasteiger partial charge in [-0.1, -0.05) is 48.5 Å². The van der Waals surface area contributed by atoms with Crippen molar-refractivity contribution >= 4 is 5.97 Å². The SMILES string of the molecule is O=C(OC[C@H]1OC[C@H](F)[C@@H]1OCc1ccccc1)c1ccccc1. The average Bonchev–Trinajstić information content (AvgIpc) is 2.99. The minimum absolute atomic E-state index is 0.0341. The minimum Gasteiger partial charge on any atom is -0.459 e. The number of carbonyl (C=O) groups excluding carboxylic acids is 1. The Hall–Kier alpha value is -2.24. The molecule has 0 spiro atoms. The molecule has 1 aliphatic heterocycles. The molecule has 0 unspecified atom stereocenters. The van der Waals surface area contributed by atoms with Gasteiger partial charge in [-0.15, -0.1) is 0 Å². The van der Waals surface area contributed by atoms with Gasteiger partial charge in [0, 0.05) is 0 Å². The highest BCUT2D eigenvalue weighted by Crippen LogP contribution is 2.22. The molecule has 126 valence electrons. The van der Waals surface area contributed by atoms with Crippen LogP contribution in [-0.4, -0.2) is 37.6 Å². The first-order valence-corrected chi connectivity index (χ1v) is 7.87. The molecule has 24 heavy (non-hydrogen) atoms. The Morgan fingerprint density at radius 3 is 2.46 bits per heavy atom. The van der Waals surface area contributed by atoms with Gasteiger partial charge < -0.3 is 14.2 Å². The van der Waals surface area contributed by atoms with E-state index < -0.39 is 24.3 Å². The summed E-state index contributed by atoms with van der Waals surface area (Å²) in [6.45, 7) is 0.207. The summed E-state index contributed by atoms with van der Waals surface area (Å²) in [5, 5.41) is 0. The van der Waals surface area contributed by atoms with E-state index in [9.17, 15) is 9.18 Å². The number of esters is 1. The lowest BCUT2D eigenvalue weighted by molar-refractivity contribution is -0.0553. The quantitative estimate of drug-likeness (QED) is 0.763. The summed E-state index contributed by atoms with van der Waals surface area (Å²) in [6, 6.07) is 18.2. The smallest absolute Gasteiger partial charge is 0.338 e. The van der Waals surface area contributed by atoms with Gasteiger partial charge in [0.25, 0.3) is 0 Å². The third-order valence-electron chi connectivity index (χ3n) is 3.87. The predicted molar refractivity (Wildman–Crippen MR) is 86.4 cm³/mol. The second-order valence-electron chi connectivity index (χ2n) is 5.61. The second-order valence-corrected chi connectivity index (χ2v) is 5.61. The number of alkyl halides is 1. The Morgan fingerprint density at radius 1 is 1.08 bits per heavy atom. The van der Waals surface area contributed by atoms with Gasteiger partial charge in [0.2, 0.25) is 0 Å². The molecule has 0 N–H and O–H groups in total. The molecule has 3 rings (SSSR count). The molecule has 1 heterocycles. The molecule has 0 saturated carbocycles. The maximum absolute atomic E-state index is 14.0. The molecule has 2 aromatic carbocycles. The van der Waals surface area contributed by atoms with Crippen molar-refractivity contribution in [3.8, 4) is 0 Å². The van der Waals surface area contributed by atoms with E-state index in [4.69, 9.17) is 14.2 Å². The van der Waals surface area contributed by atoms with Crippen molar-refractivity contribution in [1.29, 1.82) is 0 Å². The number of hydrogen-bond acceptors (Lipinski definition) is 4. The molecule has 0 amide bonds. The zero-order valence-electron chi connectivity index (χ0n) is 13.1. The van der Waals surface area contributed by atoms with Crippen molar-refractivity contribution in [1.82, 2.24) is 0 Å². The molecule has 1 aliphatic rings. The topological polar surface area (TPSA) is 44.8 Å². The molecular formula is C19H19FO4. The third kappa shape index (κ3) is 4.19. The van der Waals surface area contributed by atoms with Crippen molar-refractivity contribution in [3.63, 3.8) is 0 Å². The standard InChI is InChI=1S/C19H19FO4/c20-16-12-22-17(13-24-19(21)15-9-5-2-6-10-15)18(16)23-11-14-7-3-1-4-8-14/h1-10,16-18H,11-13H2/t16-,17+,18-/m0/s1. The van der Waals surface area contributed by atoms with Crippen LogP contribution in [0.3, 0.4) is 0 Å². The molecular weight excluding hydrogens is 311 g/mol. The monoisotopic (exact) mass is 330 g/mol. The zero-order valence-corrected chi connectivity index (χ0v) is 13.1. The minimum atomic E-state index is -1.23. The Labute approximate surface area is 140 Å². The fourth-order valence-electron chi connectivity index (χ4n) is 2.57. The van der Waals surface area contributed by atoms with E-state index in [1.807, 2.05) is 36.4 Å². The first kappa shape index (κ1) is 16.6. The molecule has 4 nitrogen and oxygen atoms in total. The van der Waals surface area contributed by atoms with Gasteiger partial charge in [0.1, 0.15) is 18.8 Å². The third-order valence-corrected chi connectivity index (χ3v) is 3.87. The Morgan fingerprint density at radius 2 is 1.75 bits per heavy atom. The Kier molecular flexibility index (Phi) is 5.56. The number of ether oxygens (including phenoxy) is 3. The zero-order chi connectivity index (χ0) is 16.8. The summed E-state index contributed by atoms with van der Waals surface area (Å²) < 4.78 is 30.3. The van der Waals surface area contributed by atoms with Crippen LogP contribution in [0.5, 0.6) is 0 Å². The summed E-state index contributed by atoms with van der Waals surface area (Å²) in [7, 11) is 0. The normalized spacial score (nSPS) is 23.1. The van der Waals surface area contributed by atoms with Crippen LogP contribution >= 0.6 is 0 Å². The van der Waals surface area contributed by atoms with Crippen molar-refractivity contribution < 1.29 is 23.4 Å². The second kappa shape index (κ2) is 8.04. The van der Waals surface area contributed by atoms with Gasteiger partial charge >= 0.3 is 5.97 Å². The van der Waals surface area contributed by atoms with Gasteiger partial charge in [-0.05, 0) is 17.7 Å². The van der Waals surface area contributed by atoms with E-state index in [1.165, 1.54) is 0 Å². The van der Waals surface area contributed by atoms with E-state index in [0.29, 0.717) is 12.2 Å². The van der Waals surface area contributed by atoms with Crippen LogP contribution in [0.2, 0.25) is 0 Å². The van der Waals surface area contributed by atoms with Gasteiger partial charge in [0.05, 0.1) is 18.8 Å². The van der Waals surface area contributed by atoms with Crippen molar-refractivity contribution in [2.45, 2.75) is 25.0 Å². The maximum atomic E-state index is 14.0. The molecule has 0 aromatic heterocycles. The Balaban J connectivity index is 1.53. The highest BCUT2D eigenvalue weighted by molar-refractivity contribution is 5.89. The lowest BCUT2D eigenvalue weighted by atomic mass is 10.1. The van der Waals surface area contributed by atoms with Crippen molar-refractivity contribution in [3.05, 3.63) is 71.8 Å². The molecule has 1 fully saturated rings. The molecule has 5 heteroatoms. The fraction of sp³-hybridized carbons (Fsp3) is 0.316. The summed E-state index contributed by atoms with van der Waals surface area (Å²) >= 11 is 0. The molecule has 1 saturated heterocycles. The number of halogens is 1. The van der Waals surface area contributed by atoms with Crippen LogP contribution in [0.15, 0.2) is 60.7 Å². The summed E-state index contributed by atoms with van der Waals surface area (Å²) in [5.41, 5.74) is 1.41. The van der Waals surface area contributed by atoms with Gasteiger partial charge in [-0.25, -0.2) is 9.18 Å². The highest BCUT2D eigenvalue weighted by atomic mass is 19.1. The maximum Gasteiger partial charge on any atom is 0.338 e. The van der Waals surface area contributed by atoms with E-state index in [2.05, 4.69) is 0 Å². The van der Waals surface area contributed by atoms with Crippen LogP contribution in [0.1, 0.15) is 15.9 Å². The number of carbonyl (C=O) groups is 1. The first-order valence-electron chi connectivity index (χ1n) is 7.87. The van der Waals surface area contributed by atoms with Crippen LogP contribution in [0.4, 0.5) is 4.39 Å². The van der Waals surface area contributed by atoms with Gasteiger partial charge in [-0.2, -0.15) is 0 Å². The fourth-order valence-corrected chi connectivity index (χ4v) is 2.57. The average molecular weight is 330 g/mol. The Bertz CT molecular complexity index is 647. The van der Waals surface area contributed by atoms with Crippen molar-refractivity contribution in [2.75, 3.05) is 13.2 Å². The number of hydrogen-bond donors (Lipinski definition) is 0. The summed E-state index contributed by atoms with van der Waals surface area (Å²) in [4.78, 5) is 12.0. The molecule has 2 aromatic rings. The van der Waals surface area contributed by atoms with E-state index in [0.717, 1.165) is 5.56 Å². The highest BCUT2D eigenvalue weighted by Gasteiger charge is 2.39. The van der Waals surface area contributed by atoms with Crippen LogP contribution < -0.4 is 0 Å². The van der Waals surface area contributed by atoms with E-state index >= 15 is 0 Å². The van der Waals surface area contributed by atoms with Gasteiger partial charge in [-0.3, -0.25) is 0 Å². The molecule has 0 aliphatic carbocycles. The summed E-state index contributed by atoms with van der Waals surface area (Å²) in [5.74, 6) is -0.455. The molecule has 0 bridgehead atoms. The van der Waals surface area contributed by atoms with E-state index in [1.54, 1.807) is 24.3 Å². The lowest BCUT2D eigenvalue weighted by Crippen LogP contribution is -2.34. The number of benzene rings is 2. The van der Waals surface area contributed by atoms with Crippen LogP contribution in [0, 0.1) is 0 Å². The summed E-state index contributed by atoms with van der Waals surface area (Å²) in [6.07, 6.45) is -2.57. The predicted octanol–water partition coefficient (Wildman–Crippen LogP) is 3.17. The lowest BCUT2D eigenvalue weighted by Gasteiger charge is -2.20. The van der Waals surface area contributed by atoms with Crippen molar-refractivity contribution in [2.24, 2.45) is 0 Å². The molecule has 3 atom stereocenters. The largest absolute Gasteiger partial charge is 0.459 e. The first-order chi connectivity index (χ1) is 11.7.